The number of anilines is 2. The predicted molar refractivity (Wildman–Crippen MR) is 62.2 cm³/mol. The molecule has 0 unspecified atom stereocenters. The Morgan fingerprint density at radius 2 is 1.19 bits per heavy atom. The van der Waals surface area contributed by atoms with Gasteiger partial charge in [0, 0.05) is 26.2 Å². The second-order valence-electron chi connectivity index (χ2n) is 3.08. The molecule has 0 aromatic carbocycles. The quantitative estimate of drug-likeness (QED) is 0.797. The minimum Gasteiger partial charge on any atom is -0.373 e. The molecule has 0 saturated heterocycles. The topological polar surface area (TPSA) is 75.6 Å². The molecule has 82 valence electrons. The fourth-order valence-electron chi connectivity index (χ4n) is 1.27. The van der Waals surface area contributed by atoms with Gasteiger partial charge in [-0.1, -0.05) is 0 Å². The molecule has 0 radical (unpaired) electrons. The second-order valence-corrected chi connectivity index (χ2v) is 3.08. The fourth-order valence-corrected chi connectivity index (χ4v) is 1.27. The van der Waals surface area contributed by atoms with E-state index < -0.39 is 0 Å². The molecule has 2 aromatic rings. The van der Waals surface area contributed by atoms with Gasteiger partial charge < -0.3 is 10.6 Å². The van der Waals surface area contributed by atoms with Crippen LogP contribution in [0.15, 0.2) is 24.8 Å². The van der Waals surface area contributed by atoms with Gasteiger partial charge in [0.05, 0.1) is 11.4 Å². The van der Waals surface area contributed by atoms with E-state index in [0.717, 1.165) is 23.0 Å². The highest BCUT2D eigenvalue weighted by molar-refractivity contribution is 5.60. The zero-order valence-electron chi connectivity index (χ0n) is 9.10. The van der Waals surface area contributed by atoms with Crippen molar-refractivity contribution < 1.29 is 0 Å². The molecule has 0 aliphatic heterocycles. The standard InChI is InChI=1S/C10H12N6/c1-11-9-3-7(13-5-15-9)8-4-10(12-2)16-6-14-8/h3-6H,1-2H3,(H,11,13,15)(H,12,14,16). The molecule has 0 atom stereocenters. The van der Waals surface area contributed by atoms with Crippen molar-refractivity contribution in [3.05, 3.63) is 24.8 Å². The van der Waals surface area contributed by atoms with Gasteiger partial charge in [0.15, 0.2) is 0 Å². The molecule has 2 aromatic heterocycles. The summed E-state index contributed by atoms with van der Waals surface area (Å²) in [4.78, 5) is 16.4. The lowest BCUT2D eigenvalue weighted by Crippen LogP contribution is -1.97. The van der Waals surface area contributed by atoms with Crippen LogP contribution in [0.4, 0.5) is 11.6 Å². The number of nitrogens with zero attached hydrogens (tertiary/aromatic N) is 4. The average molecular weight is 216 g/mol. The summed E-state index contributed by atoms with van der Waals surface area (Å²) in [6.07, 6.45) is 3.00. The Kier molecular flexibility index (Phi) is 2.90. The molecule has 0 amide bonds. The van der Waals surface area contributed by atoms with Crippen LogP contribution in [-0.4, -0.2) is 34.0 Å². The first-order chi connectivity index (χ1) is 7.83. The summed E-state index contributed by atoms with van der Waals surface area (Å²) < 4.78 is 0. The molecular formula is C10H12N6. The monoisotopic (exact) mass is 216 g/mol. The number of aromatic nitrogens is 4. The highest BCUT2D eigenvalue weighted by Gasteiger charge is 2.03. The van der Waals surface area contributed by atoms with Gasteiger partial charge in [-0.25, -0.2) is 19.9 Å². The molecule has 0 spiro atoms. The largest absolute Gasteiger partial charge is 0.373 e. The van der Waals surface area contributed by atoms with E-state index in [9.17, 15) is 0 Å². The van der Waals surface area contributed by atoms with Gasteiger partial charge in [0.1, 0.15) is 24.3 Å². The molecule has 0 bridgehead atoms. The lowest BCUT2D eigenvalue weighted by atomic mass is 10.2. The van der Waals surface area contributed by atoms with Crippen molar-refractivity contribution in [1.29, 1.82) is 0 Å². The third kappa shape index (κ3) is 2.05. The molecule has 2 heterocycles. The van der Waals surface area contributed by atoms with Crippen molar-refractivity contribution in [2.75, 3.05) is 24.7 Å². The SMILES string of the molecule is CNc1cc(-c2cc(NC)ncn2)ncn1. The van der Waals surface area contributed by atoms with Crippen LogP contribution in [0, 0.1) is 0 Å². The normalized spacial score (nSPS) is 9.88. The Morgan fingerprint density at radius 1 is 0.750 bits per heavy atom. The minimum absolute atomic E-state index is 0.759. The molecule has 0 saturated carbocycles. The molecular weight excluding hydrogens is 204 g/mol. The molecule has 0 fully saturated rings. The van der Waals surface area contributed by atoms with E-state index in [0.29, 0.717) is 0 Å². The summed E-state index contributed by atoms with van der Waals surface area (Å²) in [5.74, 6) is 1.52. The van der Waals surface area contributed by atoms with Crippen molar-refractivity contribution in [3.8, 4) is 11.4 Å². The Labute approximate surface area is 93.2 Å². The summed E-state index contributed by atoms with van der Waals surface area (Å²) in [6, 6.07) is 3.67. The van der Waals surface area contributed by atoms with Gasteiger partial charge in [-0.15, -0.1) is 0 Å². The average Bonchev–Trinajstić information content (AvgIpc) is 2.39. The van der Waals surface area contributed by atoms with Crippen LogP contribution in [0.1, 0.15) is 0 Å². The minimum atomic E-state index is 0.759. The van der Waals surface area contributed by atoms with Gasteiger partial charge >= 0.3 is 0 Å². The van der Waals surface area contributed by atoms with Gasteiger partial charge in [0.2, 0.25) is 0 Å². The van der Waals surface area contributed by atoms with E-state index in [1.807, 2.05) is 26.2 Å². The third-order valence-electron chi connectivity index (χ3n) is 2.11. The Balaban J connectivity index is 2.41. The molecule has 0 aliphatic rings. The Hall–Kier alpha value is -2.24. The predicted octanol–water partition coefficient (Wildman–Crippen LogP) is 1.02. The zero-order chi connectivity index (χ0) is 11.4. The summed E-state index contributed by atoms with van der Waals surface area (Å²) in [7, 11) is 3.62. The van der Waals surface area contributed by atoms with E-state index in [2.05, 4.69) is 30.6 Å². The summed E-state index contributed by atoms with van der Waals surface area (Å²) >= 11 is 0. The van der Waals surface area contributed by atoms with Gasteiger partial charge in [-0.05, 0) is 0 Å². The molecule has 6 heteroatoms. The van der Waals surface area contributed by atoms with Crippen LogP contribution in [0.2, 0.25) is 0 Å². The maximum atomic E-state index is 4.16. The van der Waals surface area contributed by atoms with Crippen LogP contribution in [0.5, 0.6) is 0 Å². The number of nitrogens with one attached hydrogen (secondary N) is 2. The summed E-state index contributed by atoms with van der Waals surface area (Å²) in [6.45, 7) is 0. The molecule has 2 N–H and O–H groups in total. The summed E-state index contributed by atoms with van der Waals surface area (Å²) in [5, 5.41) is 5.91. The molecule has 16 heavy (non-hydrogen) atoms. The van der Waals surface area contributed by atoms with Gasteiger partial charge in [0.25, 0.3) is 0 Å². The van der Waals surface area contributed by atoms with Crippen molar-refractivity contribution in [2.45, 2.75) is 0 Å². The van der Waals surface area contributed by atoms with Crippen LogP contribution < -0.4 is 10.6 Å². The molecule has 6 nitrogen and oxygen atoms in total. The van der Waals surface area contributed by atoms with Crippen LogP contribution >= 0.6 is 0 Å². The van der Waals surface area contributed by atoms with Crippen LogP contribution in [-0.2, 0) is 0 Å². The van der Waals surface area contributed by atoms with Crippen LogP contribution in [0.25, 0.3) is 11.4 Å². The van der Waals surface area contributed by atoms with Crippen molar-refractivity contribution >= 4 is 11.6 Å². The van der Waals surface area contributed by atoms with E-state index in [1.54, 1.807) is 0 Å². The first-order valence-electron chi connectivity index (χ1n) is 4.83. The highest BCUT2D eigenvalue weighted by atomic mass is 15.0. The summed E-state index contributed by atoms with van der Waals surface area (Å²) in [5.41, 5.74) is 1.52. The van der Waals surface area contributed by atoms with Gasteiger partial charge in [-0.3, -0.25) is 0 Å². The van der Waals surface area contributed by atoms with E-state index in [4.69, 9.17) is 0 Å². The number of rotatable bonds is 3. The van der Waals surface area contributed by atoms with E-state index in [1.165, 1.54) is 12.7 Å². The van der Waals surface area contributed by atoms with Crippen LogP contribution in [0.3, 0.4) is 0 Å². The van der Waals surface area contributed by atoms with Crippen molar-refractivity contribution in [1.82, 2.24) is 19.9 Å². The number of hydrogen-bond acceptors (Lipinski definition) is 6. The molecule has 2 rings (SSSR count). The fraction of sp³-hybridized carbons (Fsp3) is 0.200. The Morgan fingerprint density at radius 3 is 1.56 bits per heavy atom. The Bertz CT molecular complexity index is 439. The lowest BCUT2D eigenvalue weighted by molar-refractivity contribution is 1.12. The first kappa shape index (κ1) is 10.3. The zero-order valence-corrected chi connectivity index (χ0v) is 9.10. The van der Waals surface area contributed by atoms with Crippen molar-refractivity contribution in [3.63, 3.8) is 0 Å². The van der Waals surface area contributed by atoms with E-state index in [-0.39, 0.29) is 0 Å². The molecule has 0 aliphatic carbocycles. The van der Waals surface area contributed by atoms with Crippen molar-refractivity contribution in [2.24, 2.45) is 0 Å². The number of hydrogen-bond donors (Lipinski definition) is 2. The highest BCUT2D eigenvalue weighted by Crippen LogP contribution is 2.17. The second kappa shape index (κ2) is 4.52. The maximum Gasteiger partial charge on any atom is 0.129 e. The lowest BCUT2D eigenvalue weighted by Gasteiger charge is -2.04. The smallest absolute Gasteiger partial charge is 0.129 e. The maximum absolute atomic E-state index is 4.16. The first-order valence-corrected chi connectivity index (χ1v) is 4.83. The van der Waals surface area contributed by atoms with E-state index >= 15 is 0 Å². The van der Waals surface area contributed by atoms with Gasteiger partial charge in [-0.2, -0.15) is 0 Å². The third-order valence-corrected chi connectivity index (χ3v) is 2.11.